The molecule has 0 saturated carbocycles. The van der Waals surface area contributed by atoms with Crippen LogP contribution < -0.4 is 5.32 Å². The Hall–Kier alpha value is -2.94. The van der Waals surface area contributed by atoms with Crippen molar-refractivity contribution in [1.82, 2.24) is 24.9 Å². The topological polar surface area (TPSA) is 98.7 Å². The van der Waals surface area contributed by atoms with Gasteiger partial charge in [0.15, 0.2) is 16.8 Å². The summed E-state index contributed by atoms with van der Waals surface area (Å²) in [6.45, 7) is 6.00. The molecule has 0 atom stereocenters. The number of carbonyl (C=O) groups is 1. The van der Waals surface area contributed by atoms with Crippen molar-refractivity contribution >= 4 is 23.7 Å². The van der Waals surface area contributed by atoms with E-state index in [9.17, 15) is 4.79 Å². The molecule has 9 heteroatoms. The van der Waals surface area contributed by atoms with E-state index < -0.39 is 0 Å². The molecule has 2 aromatic heterocycles. The van der Waals surface area contributed by atoms with Crippen LogP contribution in [0, 0.1) is 6.92 Å². The van der Waals surface area contributed by atoms with E-state index in [2.05, 4.69) is 32.2 Å². The summed E-state index contributed by atoms with van der Waals surface area (Å²) in [4.78, 5) is 15.9. The number of nitrogens with one attached hydrogen (secondary N) is 1. The molecule has 1 amide bonds. The number of hydrogen-bond donors (Lipinski definition) is 1. The van der Waals surface area contributed by atoms with E-state index in [0.717, 1.165) is 11.4 Å². The summed E-state index contributed by atoms with van der Waals surface area (Å²) in [6, 6.07) is 9.83. The molecule has 25 heavy (non-hydrogen) atoms. The van der Waals surface area contributed by atoms with E-state index in [4.69, 9.17) is 4.52 Å². The van der Waals surface area contributed by atoms with Crippen molar-refractivity contribution in [2.24, 2.45) is 0 Å². The number of aromatic nitrogens is 5. The van der Waals surface area contributed by atoms with Gasteiger partial charge in [0.1, 0.15) is 0 Å². The standard InChI is InChI=1S/C16H16N6O2S/c1-3-9-22-14(12-7-5-4-6-8-12)19-20-16(22)25-10-13(23)18-15-17-11(2)21-24-15/h3-8H,1,9-10H2,2H3,(H,17,18,21,23). The molecule has 3 aromatic rings. The molecular formula is C16H16N6O2S. The van der Waals surface area contributed by atoms with Crippen molar-refractivity contribution in [2.45, 2.75) is 18.6 Å². The molecule has 0 saturated heterocycles. The Morgan fingerprint density at radius 2 is 2.16 bits per heavy atom. The zero-order chi connectivity index (χ0) is 17.6. The highest BCUT2D eigenvalue weighted by atomic mass is 32.2. The van der Waals surface area contributed by atoms with Gasteiger partial charge < -0.3 is 4.52 Å². The molecule has 0 spiro atoms. The van der Waals surface area contributed by atoms with Crippen LogP contribution in [-0.2, 0) is 11.3 Å². The first-order valence-corrected chi connectivity index (χ1v) is 8.48. The normalized spacial score (nSPS) is 10.6. The summed E-state index contributed by atoms with van der Waals surface area (Å²) in [5.74, 6) is 1.08. The van der Waals surface area contributed by atoms with E-state index in [1.807, 2.05) is 34.9 Å². The van der Waals surface area contributed by atoms with Crippen LogP contribution in [0.25, 0.3) is 11.4 Å². The monoisotopic (exact) mass is 356 g/mol. The fraction of sp³-hybridized carbons (Fsp3) is 0.188. The molecule has 0 bridgehead atoms. The van der Waals surface area contributed by atoms with E-state index in [-0.39, 0.29) is 17.7 Å². The van der Waals surface area contributed by atoms with Gasteiger partial charge >= 0.3 is 6.01 Å². The minimum Gasteiger partial charge on any atom is -0.315 e. The Kier molecular flexibility index (Phi) is 5.24. The van der Waals surface area contributed by atoms with Crippen LogP contribution in [-0.4, -0.2) is 36.6 Å². The second kappa shape index (κ2) is 7.75. The van der Waals surface area contributed by atoms with Crippen LogP contribution >= 0.6 is 11.8 Å². The van der Waals surface area contributed by atoms with E-state index in [1.54, 1.807) is 13.0 Å². The Morgan fingerprint density at radius 1 is 1.36 bits per heavy atom. The molecule has 1 N–H and O–H groups in total. The number of anilines is 1. The van der Waals surface area contributed by atoms with Crippen LogP contribution in [0.15, 0.2) is 52.7 Å². The van der Waals surface area contributed by atoms with Crippen LogP contribution in [0.3, 0.4) is 0 Å². The molecule has 0 aliphatic rings. The molecule has 0 unspecified atom stereocenters. The summed E-state index contributed by atoms with van der Waals surface area (Å²) in [5, 5.41) is 15.2. The highest BCUT2D eigenvalue weighted by Gasteiger charge is 2.15. The predicted molar refractivity (Wildman–Crippen MR) is 94.0 cm³/mol. The number of aryl methyl sites for hydroxylation is 1. The molecule has 8 nitrogen and oxygen atoms in total. The lowest BCUT2D eigenvalue weighted by atomic mass is 10.2. The molecule has 3 rings (SSSR count). The fourth-order valence-electron chi connectivity index (χ4n) is 2.12. The highest BCUT2D eigenvalue weighted by molar-refractivity contribution is 7.99. The largest absolute Gasteiger partial charge is 0.328 e. The van der Waals surface area contributed by atoms with Crippen LogP contribution in [0.2, 0.25) is 0 Å². The Morgan fingerprint density at radius 3 is 2.84 bits per heavy atom. The number of carbonyl (C=O) groups excluding carboxylic acids is 1. The zero-order valence-electron chi connectivity index (χ0n) is 13.5. The third kappa shape index (κ3) is 4.13. The van der Waals surface area contributed by atoms with Gasteiger partial charge in [-0.1, -0.05) is 53.3 Å². The van der Waals surface area contributed by atoms with Crippen molar-refractivity contribution < 1.29 is 9.32 Å². The molecule has 0 fully saturated rings. The number of thioether (sulfide) groups is 1. The average Bonchev–Trinajstić information content (AvgIpc) is 3.20. The number of amides is 1. The van der Waals surface area contributed by atoms with Crippen molar-refractivity contribution in [3.8, 4) is 11.4 Å². The molecule has 128 valence electrons. The van der Waals surface area contributed by atoms with Gasteiger partial charge in [-0.05, 0) is 6.92 Å². The zero-order valence-corrected chi connectivity index (χ0v) is 14.4. The maximum atomic E-state index is 12.0. The summed E-state index contributed by atoms with van der Waals surface area (Å²) >= 11 is 1.28. The minimum atomic E-state index is -0.261. The number of rotatable bonds is 7. The quantitative estimate of drug-likeness (QED) is 0.513. The van der Waals surface area contributed by atoms with Crippen LogP contribution in [0.5, 0.6) is 0 Å². The maximum Gasteiger partial charge on any atom is 0.328 e. The molecular weight excluding hydrogens is 340 g/mol. The molecule has 0 aliphatic carbocycles. The van der Waals surface area contributed by atoms with Crippen molar-refractivity contribution in [2.75, 3.05) is 11.1 Å². The Labute approximate surface area is 148 Å². The summed E-state index contributed by atoms with van der Waals surface area (Å²) < 4.78 is 6.78. The maximum absolute atomic E-state index is 12.0. The lowest BCUT2D eigenvalue weighted by Gasteiger charge is -2.07. The molecule has 0 radical (unpaired) electrons. The first-order chi connectivity index (χ1) is 12.2. The van der Waals surface area contributed by atoms with Gasteiger partial charge in [0.05, 0.1) is 5.75 Å². The van der Waals surface area contributed by atoms with Gasteiger partial charge in [0, 0.05) is 12.1 Å². The lowest BCUT2D eigenvalue weighted by Crippen LogP contribution is -2.15. The first kappa shape index (κ1) is 16.9. The molecule has 1 aromatic carbocycles. The van der Waals surface area contributed by atoms with Crippen LogP contribution in [0.1, 0.15) is 5.82 Å². The third-order valence-corrected chi connectivity index (χ3v) is 4.13. The Bertz CT molecular complexity index is 874. The summed E-state index contributed by atoms with van der Waals surface area (Å²) in [6.07, 6.45) is 1.77. The second-order valence-corrected chi connectivity index (χ2v) is 6.00. The predicted octanol–water partition coefficient (Wildman–Crippen LogP) is 2.55. The van der Waals surface area contributed by atoms with Gasteiger partial charge in [0.2, 0.25) is 5.91 Å². The van der Waals surface area contributed by atoms with Crippen molar-refractivity contribution in [3.63, 3.8) is 0 Å². The SMILES string of the molecule is C=CCn1c(SCC(=O)Nc2nc(C)no2)nnc1-c1ccccc1. The summed E-state index contributed by atoms with van der Waals surface area (Å²) in [7, 11) is 0. The summed E-state index contributed by atoms with van der Waals surface area (Å²) in [5.41, 5.74) is 0.953. The van der Waals surface area contributed by atoms with Gasteiger partial charge in [0.25, 0.3) is 0 Å². The number of allylic oxidation sites excluding steroid dienone is 1. The van der Waals surface area contributed by atoms with Gasteiger partial charge in [-0.15, -0.1) is 16.8 Å². The van der Waals surface area contributed by atoms with Gasteiger partial charge in [-0.2, -0.15) is 4.98 Å². The molecule has 2 heterocycles. The fourth-order valence-corrected chi connectivity index (χ4v) is 2.87. The number of benzene rings is 1. The third-order valence-electron chi connectivity index (χ3n) is 3.17. The number of nitrogens with zero attached hydrogens (tertiary/aromatic N) is 5. The lowest BCUT2D eigenvalue weighted by molar-refractivity contribution is -0.114. The smallest absolute Gasteiger partial charge is 0.315 e. The minimum absolute atomic E-state index is 0.0839. The highest BCUT2D eigenvalue weighted by Crippen LogP contribution is 2.24. The van der Waals surface area contributed by atoms with Crippen LogP contribution in [0.4, 0.5) is 6.01 Å². The van der Waals surface area contributed by atoms with Crippen molar-refractivity contribution in [1.29, 1.82) is 0 Å². The van der Waals surface area contributed by atoms with E-state index in [1.165, 1.54) is 11.8 Å². The van der Waals surface area contributed by atoms with Crippen molar-refractivity contribution in [3.05, 3.63) is 48.8 Å². The second-order valence-electron chi connectivity index (χ2n) is 5.06. The van der Waals surface area contributed by atoms with Gasteiger partial charge in [-0.3, -0.25) is 14.7 Å². The number of hydrogen-bond acceptors (Lipinski definition) is 7. The Balaban J connectivity index is 1.70. The first-order valence-electron chi connectivity index (χ1n) is 7.50. The molecule has 0 aliphatic heterocycles. The average molecular weight is 356 g/mol. The van der Waals surface area contributed by atoms with Gasteiger partial charge in [-0.25, -0.2) is 0 Å². The van der Waals surface area contributed by atoms with E-state index >= 15 is 0 Å². The van der Waals surface area contributed by atoms with E-state index in [0.29, 0.717) is 17.5 Å².